The zero-order valence-corrected chi connectivity index (χ0v) is 13.0. The van der Waals surface area contributed by atoms with Gasteiger partial charge in [-0.05, 0) is 28.3 Å². The Morgan fingerprint density at radius 2 is 1.52 bits per heavy atom. The van der Waals surface area contributed by atoms with Gasteiger partial charge < -0.3 is 10.1 Å². The Morgan fingerprint density at radius 1 is 0.739 bits per heavy atom. The van der Waals surface area contributed by atoms with E-state index in [1.165, 1.54) is 27.8 Å². The monoisotopic (exact) mass is 301 g/mol. The van der Waals surface area contributed by atoms with Crippen molar-refractivity contribution in [2.24, 2.45) is 0 Å². The molecule has 0 fully saturated rings. The summed E-state index contributed by atoms with van der Waals surface area (Å²) in [6.07, 6.45) is 0. The van der Waals surface area contributed by atoms with Gasteiger partial charge in [0.25, 0.3) is 0 Å². The fraction of sp³-hybridized carbons (Fsp3) is 0.143. The maximum Gasteiger partial charge on any atom is 0.127 e. The minimum Gasteiger partial charge on any atom is -0.488 e. The molecular formula is C21H19NO. The molecule has 0 bridgehead atoms. The number of benzene rings is 3. The van der Waals surface area contributed by atoms with Gasteiger partial charge in [-0.25, -0.2) is 0 Å². The summed E-state index contributed by atoms with van der Waals surface area (Å²) in [7, 11) is 0. The summed E-state index contributed by atoms with van der Waals surface area (Å²) < 4.78 is 6.12. The molecule has 0 aromatic heterocycles. The molecule has 0 atom stereocenters. The number of fused-ring (bicyclic) bond motifs is 1. The SMILES string of the molecule is c1ccc(COc2ccccc2-c2cccc3c2CNC3)cc1. The first-order valence-electron chi connectivity index (χ1n) is 7.99. The van der Waals surface area contributed by atoms with E-state index in [1.807, 2.05) is 24.3 Å². The van der Waals surface area contributed by atoms with Crippen molar-refractivity contribution >= 4 is 0 Å². The van der Waals surface area contributed by atoms with Gasteiger partial charge in [0.2, 0.25) is 0 Å². The lowest BCUT2D eigenvalue weighted by Gasteiger charge is -2.14. The first-order chi connectivity index (χ1) is 11.4. The average Bonchev–Trinajstić information content (AvgIpc) is 3.10. The van der Waals surface area contributed by atoms with E-state index in [4.69, 9.17) is 4.74 Å². The van der Waals surface area contributed by atoms with Crippen LogP contribution in [0.2, 0.25) is 0 Å². The minimum atomic E-state index is 0.588. The summed E-state index contributed by atoms with van der Waals surface area (Å²) in [6.45, 7) is 2.47. The molecule has 4 rings (SSSR count). The molecule has 2 heteroatoms. The lowest BCUT2D eigenvalue weighted by Crippen LogP contribution is -2.01. The van der Waals surface area contributed by atoms with Crippen LogP contribution in [-0.4, -0.2) is 0 Å². The van der Waals surface area contributed by atoms with Crippen LogP contribution in [0.3, 0.4) is 0 Å². The predicted molar refractivity (Wildman–Crippen MR) is 93.2 cm³/mol. The second kappa shape index (κ2) is 6.27. The molecule has 0 saturated heterocycles. The molecule has 114 valence electrons. The van der Waals surface area contributed by atoms with Gasteiger partial charge in [0, 0.05) is 18.7 Å². The zero-order chi connectivity index (χ0) is 15.5. The Bertz CT molecular complexity index is 811. The molecule has 1 aliphatic heterocycles. The molecule has 1 heterocycles. The molecule has 23 heavy (non-hydrogen) atoms. The third kappa shape index (κ3) is 2.86. The molecule has 0 aliphatic carbocycles. The van der Waals surface area contributed by atoms with Crippen LogP contribution in [0.15, 0.2) is 72.8 Å². The van der Waals surface area contributed by atoms with Crippen LogP contribution in [0.5, 0.6) is 5.75 Å². The fourth-order valence-corrected chi connectivity index (χ4v) is 3.13. The Balaban J connectivity index is 1.67. The van der Waals surface area contributed by atoms with Gasteiger partial charge in [-0.3, -0.25) is 0 Å². The normalized spacial score (nSPS) is 12.9. The van der Waals surface area contributed by atoms with Crippen LogP contribution in [-0.2, 0) is 19.7 Å². The van der Waals surface area contributed by atoms with E-state index in [2.05, 4.69) is 53.8 Å². The van der Waals surface area contributed by atoms with E-state index in [-0.39, 0.29) is 0 Å². The molecule has 0 saturated carbocycles. The average molecular weight is 301 g/mol. The minimum absolute atomic E-state index is 0.588. The van der Waals surface area contributed by atoms with Crippen LogP contribution in [0.1, 0.15) is 16.7 Å². The zero-order valence-electron chi connectivity index (χ0n) is 13.0. The Hall–Kier alpha value is -2.58. The summed E-state index contributed by atoms with van der Waals surface area (Å²) in [5.74, 6) is 0.941. The first-order valence-corrected chi connectivity index (χ1v) is 7.99. The van der Waals surface area contributed by atoms with Gasteiger partial charge in [-0.15, -0.1) is 0 Å². The lowest BCUT2D eigenvalue weighted by molar-refractivity contribution is 0.307. The molecule has 2 nitrogen and oxygen atoms in total. The van der Waals surface area contributed by atoms with Crippen LogP contribution < -0.4 is 10.1 Å². The van der Waals surface area contributed by atoms with Crippen molar-refractivity contribution in [3.05, 3.63) is 89.5 Å². The number of para-hydroxylation sites is 1. The van der Waals surface area contributed by atoms with E-state index < -0.39 is 0 Å². The van der Waals surface area contributed by atoms with Crippen molar-refractivity contribution < 1.29 is 4.74 Å². The number of hydrogen-bond donors (Lipinski definition) is 1. The number of nitrogens with one attached hydrogen (secondary N) is 1. The maximum atomic E-state index is 6.12. The predicted octanol–water partition coefficient (Wildman–Crippen LogP) is 4.54. The van der Waals surface area contributed by atoms with Crippen molar-refractivity contribution in [3.8, 4) is 16.9 Å². The van der Waals surface area contributed by atoms with Crippen LogP contribution in [0.4, 0.5) is 0 Å². The van der Waals surface area contributed by atoms with Gasteiger partial charge >= 0.3 is 0 Å². The van der Waals surface area contributed by atoms with Gasteiger partial charge in [-0.2, -0.15) is 0 Å². The highest BCUT2D eigenvalue weighted by molar-refractivity contribution is 5.74. The largest absolute Gasteiger partial charge is 0.488 e. The van der Waals surface area contributed by atoms with E-state index in [9.17, 15) is 0 Å². The standard InChI is InChI=1S/C21H19NO/c1-2-7-16(8-3-1)15-23-21-12-5-4-10-19(21)18-11-6-9-17-13-22-14-20(17)18/h1-12,22H,13-15H2. The molecule has 1 N–H and O–H groups in total. The third-order valence-electron chi connectivity index (χ3n) is 4.30. The van der Waals surface area contributed by atoms with E-state index in [0.29, 0.717) is 6.61 Å². The summed E-state index contributed by atoms with van der Waals surface area (Å²) >= 11 is 0. The summed E-state index contributed by atoms with van der Waals surface area (Å²) in [5.41, 5.74) is 6.41. The molecule has 0 spiro atoms. The molecular weight excluding hydrogens is 282 g/mol. The van der Waals surface area contributed by atoms with Crippen LogP contribution >= 0.6 is 0 Å². The van der Waals surface area contributed by atoms with Gasteiger partial charge in [0.1, 0.15) is 12.4 Å². The topological polar surface area (TPSA) is 21.3 Å². The number of hydrogen-bond acceptors (Lipinski definition) is 2. The van der Waals surface area contributed by atoms with Crippen LogP contribution in [0.25, 0.3) is 11.1 Å². The fourth-order valence-electron chi connectivity index (χ4n) is 3.13. The highest BCUT2D eigenvalue weighted by atomic mass is 16.5. The second-order valence-corrected chi connectivity index (χ2v) is 5.82. The summed E-state index contributed by atoms with van der Waals surface area (Å²) in [6, 6.07) is 25.1. The Morgan fingerprint density at radius 3 is 2.43 bits per heavy atom. The van der Waals surface area contributed by atoms with Crippen molar-refractivity contribution in [3.63, 3.8) is 0 Å². The lowest BCUT2D eigenvalue weighted by atomic mass is 9.96. The number of rotatable bonds is 4. The van der Waals surface area contributed by atoms with Gasteiger partial charge in [-0.1, -0.05) is 66.7 Å². The van der Waals surface area contributed by atoms with Crippen molar-refractivity contribution in [2.45, 2.75) is 19.7 Å². The highest BCUT2D eigenvalue weighted by Gasteiger charge is 2.17. The number of ether oxygens (including phenoxy) is 1. The molecule has 1 aliphatic rings. The van der Waals surface area contributed by atoms with Crippen molar-refractivity contribution in [1.29, 1.82) is 0 Å². The highest BCUT2D eigenvalue weighted by Crippen LogP contribution is 2.35. The Kier molecular flexibility index (Phi) is 3.83. The Labute approximate surface area is 136 Å². The molecule has 3 aromatic rings. The van der Waals surface area contributed by atoms with Gasteiger partial charge in [0.15, 0.2) is 0 Å². The van der Waals surface area contributed by atoms with Crippen molar-refractivity contribution in [2.75, 3.05) is 0 Å². The van der Waals surface area contributed by atoms with Crippen molar-refractivity contribution in [1.82, 2.24) is 5.32 Å². The summed E-state index contributed by atoms with van der Waals surface area (Å²) in [5, 5.41) is 3.43. The smallest absolute Gasteiger partial charge is 0.127 e. The van der Waals surface area contributed by atoms with Crippen LogP contribution in [0, 0.1) is 0 Å². The molecule has 0 amide bonds. The summed E-state index contributed by atoms with van der Waals surface area (Å²) in [4.78, 5) is 0. The molecule has 0 radical (unpaired) electrons. The maximum absolute atomic E-state index is 6.12. The van der Waals surface area contributed by atoms with E-state index >= 15 is 0 Å². The quantitative estimate of drug-likeness (QED) is 0.764. The molecule has 3 aromatic carbocycles. The molecule has 0 unspecified atom stereocenters. The van der Waals surface area contributed by atoms with E-state index in [1.54, 1.807) is 0 Å². The van der Waals surface area contributed by atoms with E-state index in [0.717, 1.165) is 18.8 Å². The third-order valence-corrected chi connectivity index (χ3v) is 4.30. The first kappa shape index (κ1) is 14.0. The second-order valence-electron chi connectivity index (χ2n) is 5.82. The van der Waals surface area contributed by atoms with Gasteiger partial charge in [0.05, 0.1) is 0 Å².